The van der Waals surface area contributed by atoms with Gasteiger partial charge in [0, 0.05) is 12.1 Å². The van der Waals surface area contributed by atoms with Crippen molar-refractivity contribution in [2.45, 2.75) is 6.54 Å². The molecule has 1 aromatic rings. The lowest BCUT2D eigenvalue weighted by atomic mass is 10.2. The molecule has 0 unspecified atom stereocenters. The van der Waals surface area contributed by atoms with Crippen molar-refractivity contribution in [1.82, 2.24) is 5.32 Å². The Labute approximate surface area is 88.0 Å². The predicted octanol–water partition coefficient (Wildman–Crippen LogP) is 1.55. The van der Waals surface area contributed by atoms with Crippen LogP contribution in [0.4, 0.5) is 0 Å². The average Bonchev–Trinajstić information content (AvgIpc) is 2.26. The number of alkyl halides is 1. The van der Waals surface area contributed by atoms with E-state index in [0.29, 0.717) is 6.54 Å². The maximum Gasteiger partial charge on any atom is 0.235 e. The van der Waals surface area contributed by atoms with E-state index in [1.165, 1.54) is 0 Å². The first kappa shape index (κ1) is 10.9. The minimum atomic E-state index is -0.183. The first-order valence-electron chi connectivity index (χ1n) is 4.22. The lowest BCUT2D eigenvalue weighted by Gasteiger charge is -2.08. The highest BCUT2D eigenvalue weighted by Gasteiger charge is 2.02. The average molecular weight is 214 g/mol. The smallest absolute Gasteiger partial charge is 0.235 e. The molecule has 0 bridgehead atoms. The standard InChI is InChI=1S/C10H12ClNO2/c1-14-9-5-3-2-4-8(9)7-12-10(13)6-11/h2-5H,6-7H2,1H3,(H,12,13). The molecule has 1 rings (SSSR count). The number of carbonyl (C=O) groups excluding carboxylic acids is 1. The number of rotatable bonds is 4. The minimum absolute atomic E-state index is 0.0187. The number of nitrogens with one attached hydrogen (secondary N) is 1. The van der Waals surface area contributed by atoms with Crippen LogP contribution in [0, 0.1) is 0 Å². The zero-order valence-electron chi connectivity index (χ0n) is 7.92. The third kappa shape index (κ3) is 2.92. The zero-order chi connectivity index (χ0) is 10.4. The van der Waals surface area contributed by atoms with E-state index in [1.807, 2.05) is 24.3 Å². The van der Waals surface area contributed by atoms with Crippen molar-refractivity contribution in [3.63, 3.8) is 0 Å². The quantitative estimate of drug-likeness (QED) is 0.771. The van der Waals surface area contributed by atoms with E-state index in [4.69, 9.17) is 16.3 Å². The number of hydrogen-bond acceptors (Lipinski definition) is 2. The van der Waals surface area contributed by atoms with E-state index in [1.54, 1.807) is 7.11 Å². The summed E-state index contributed by atoms with van der Waals surface area (Å²) in [4.78, 5) is 10.9. The summed E-state index contributed by atoms with van der Waals surface area (Å²) in [7, 11) is 1.60. The van der Waals surface area contributed by atoms with Crippen LogP contribution in [0.15, 0.2) is 24.3 Å². The van der Waals surface area contributed by atoms with Crippen molar-refractivity contribution < 1.29 is 9.53 Å². The normalized spacial score (nSPS) is 9.57. The molecule has 1 amide bonds. The second-order valence-electron chi connectivity index (χ2n) is 2.72. The number of ether oxygens (including phenoxy) is 1. The SMILES string of the molecule is COc1ccccc1CNC(=O)CCl. The number of amides is 1. The summed E-state index contributed by atoms with van der Waals surface area (Å²) in [5.74, 6) is 0.565. The molecule has 0 fully saturated rings. The fourth-order valence-electron chi connectivity index (χ4n) is 1.09. The van der Waals surface area contributed by atoms with Crippen molar-refractivity contribution in [2.75, 3.05) is 13.0 Å². The van der Waals surface area contributed by atoms with Gasteiger partial charge in [-0.15, -0.1) is 11.6 Å². The second kappa shape index (κ2) is 5.50. The van der Waals surface area contributed by atoms with E-state index in [-0.39, 0.29) is 11.8 Å². The molecule has 0 heterocycles. The Kier molecular flexibility index (Phi) is 4.26. The zero-order valence-corrected chi connectivity index (χ0v) is 8.67. The van der Waals surface area contributed by atoms with Crippen LogP contribution < -0.4 is 10.1 Å². The number of benzene rings is 1. The molecule has 0 radical (unpaired) electrons. The van der Waals surface area contributed by atoms with Crippen LogP contribution in [0.5, 0.6) is 5.75 Å². The third-order valence-corrected chi connectivity index (χ3v) is 2.03. The molecule has 0 aliphatic heterocycles. The van der Waals surface area contributed by atoms with Gasteiger partial charge < -0.3 is 10.1 Å². The van der Waals surface area contributed by atoms with Gasteiger partial charge in [-0.2, -0.15) is 0 Å². The summed E-state index contributed by atoms with van der Waals surface area (Å²) < 4.78 is 5.13. The maximum absolute atomic E-state index is 10.9. The Hall–Kier alpha value is -1.22. The molecule has 0 atom stereocenters. The van der Waals surface area contributed by atoms with Crippen molar-refractivity contribution in [2.24, 2.45) is 0 Å². The Morgan fingerprint density at radius 1 is 1.50 bits per heavy atom. The Morgan fingerprint density at radius 3 is 2.86 bits per heavy atom. The molecule has 0 aliphatic rings. The Morgan fingerprint density at radius 2 is 2.21 bits per heavy atom. The topological polar surface area (TPSA) is 38.3 Å². The van der Waals surface area contributed by atoms with E-state index in [9.17, 15) is 4.79 Å². The monoisotopic (exact) mass is 213 g/mol. The maximum atomic E-state index is 10.9. The van der Waals surface area contributed by atoms with Crippen molar-refractivity contribution in [3.05, 3.63) is 29.8 Å². The molecule has 1 N–H and O–H groups in total. The number of carbonyl (C=O) groups is 1. The van der Waals surface area contributed by atoms with E-state index in [0.717, 1.165) is 11.3 Å². The fraction of sp³-hybridized carbons (Fsp3) is 0.300. The van der Waals surface area contributed by atoms with Crippen molar-refractivity contribution in [1.29, 1.82) is 0 Å². The van der Waals surface area contributed by atoms with Gasteiger partial charge in [-0.25, -0.2) is 0 Å². The van der Waals surface area contributed by atoms with E-state index < -0.39 is 0 Å². The molecule has 0 spiro atoms. The minimum Gasteiger partial charge on any atom is -0.496 e. The van der Waals surface area contributed by atoms with E-state index >= 15 is 0 Å². The summed E-state index contributed by atoms with van der Waals surface area (Å²) in [5, 5.41) is 2.67. The molecule has 0 aromatic heterocycles. The van der Waals surface area contributed by atoms with Crippen LogP contribution >= 0.6 is 11.6 Å². The molecule has 4 heteroatoms. The molecular formula is C10H12ClNO2. The highest BCUT2D eigenvalue weighted by atomic mass is 35.5. The molecule has 3 nitrogen and oxygen atoms in total. The third-order valence-electron chi connectivity index (χ3n) is 1.79. The van der Waals surface area contributed by atoms with Gasteiger partial charge in [0.05, 0.1) is 7.11 Å². The highest BCUT2D eigenvalue weighted by Crippen LogP contribution is 2.16. The first-order chi connectivity index (χ1) is 6.77. The predicted molar refractivity (Wildman–Crippen MR) is 55.6 cm³/mol. The van der Waals surface area contributed by atoms with Crippen LogP contribution in [0.1, 0.15) is 5.56 Å². The molecule has 1 aromatic carbocycles. The van der Waals surface area contributed by atoms with Gasteiger partial charge in [0.1, 0.15) is 11.6 Å². The van der Waals surface area contributed by atoms with Crippen LogP contribution in [-0.4, -0.2) is 18.9 Å². The van der Waals surface area contributed by atoms with Gasteiger partial charge in [-0.05, 0) is 6.07 Å². The first-order valence-corrected chi connectivity index (χ1v) is 4.76. The van der Waals surface area contributed by atoms with Gasteiger partial charge in [-0.1, -0.05) is 18.2 Å². The molecular weight excluding hydrogens is 202 g/mol. The van der Waals surface area contributed by atoms with Crippen LogP contribution in [0.3, 0.4) is 0 Å². The van der Waals surface area contributed by atoms with Gasteiger partial charge >= 0.3 is 0 Å². The van der Waals surface area contributed by atoms with Gasteiger partial charge in [-0.3, -0.25) is 4.79 Å². The van der Waals surface area contributed by atoms with Gasteiger partial charge in [0.25, 0.3) is 0 Å². The van der Waals surface area contributed by atoms with Gasteiger partial charge in [0.2, 0.25) is 5.91 Å². The van der Waals surface area contributed by atoms with Crippen LogP contribution in [0.2, 0.25) is 0 Å². The Balaban J connectivity index is 2.61. The molecule has 0 saturated heterocycles. The lowest BCUT2D eigenvalue weighted by Crippen LogP contribution is -2.23. The number of hydrogen-bond donors (Lipinski definition) is 1. The number of halogens is 1. The van der Waals surface area contributed by atoms with E-state index in [2.05, 4.69) is 5.32 Å². The van der Waals surface area contributed by atoms with Crippen molar-refractivity contribution >= 4 is 17.5 Å². The highest BCUT2D eigenvalue weighted by molar-refractivity contribution is 6.27. The van der Waals surface area contributed by atoms with Crippen LogP contribution in [0.25, 0.3) is 0 Å². The molecule has 0 aliphatic carbocycles. The molecule has 0 saturated carbocycles. The second-order valence-corrected chi connectivity index (χ2v) is 2.99. The summed E-state index contributed by atoms with van der Waals surface area (Å²) >= 11 is 5.35. The molecule has 76 valence electrons. The summed E-state index contributed by atoms with van der Waals surface area (Å²) in [6, 6.07) is 7.52. The van der Waals surface area contributed by atoms with Crippen LogP contribution in [-0.2, 0) is 11.3 Å². The van der Waals surface area contributed by atoms with Gasteiger partial charge in [0.15, 0.2) is 0 Å². The Bertz CT molecular complexity index is 315. The van der Waals surface area contributed by atoms with Crippen molar-refractivity contribution in [3.8, 4) is 5.75 Å². The summed E-state index contributed by atoms with van der Waals surface area (Å²) in [6.45, 7) is 0.440. The summed E-state index contributed by atoms with van der Waals surface area (Å²) in [5.41, 5.74) is 0.938. The summed E-state index contributed by atoms with van der Waals surface area (Å²) in [6.07, 6.45) is 0. The largest absolute Gasteiger partial charge is 0.496 e. The fourth-order valence-corrected chi connectivity index (χ4v) is 1.18. The molecule has 14 heavy (non-hydrogen) atoms. The lowest BCUT2D eigenvalue weighted by molar-refractivity contribution is -0.118. The number of methoxy groups -OCH3 is 1. The number of para-hydroxylation sites is 1.